The van der Waals surface area contributed by atoms with E-state index in [2.05, 4.69) is 29.1 Å². The molecule has 0 aliphatic heterocycles. The Kier molecular flexibility index (Phi) is 4.30. The van der Waals surface area contributed by atoms with Crippen molar-refractivity contribution in [1.29, 1.82) is 0 Å². The quantitative estimate of drug-likeness (QED) is 0.671. The highest BCUT2D eigenvalue weighted by Gasteiger charge is 2.12. The van der Waals surface area contributed by atoms with E-state index in [-0.39, 0.29) is 12.6 Å². The molecule has 1 atom stereocenters. The number of rotatable bonds is 5. The molecule has 1 heterocycles. The van der Waals surface area contributed by atoms with Crippen molar-refractivity contribution in [2.24, 2.45) is 5.92 Å². The van der Waals surface area contributed by atoms with Crippen LogP contribution in [0.2, 0.25) is 0 Å². The van der Waals surface area contributed by atoms with E-state index < -0.39 is 0 Å². The number of aliphatic hydroxyl groups is 1. The van der Waals surface area contributed by atoms with Gasteiger partial charge in [0.05, 0.1) is 12.4 Å². The smallest absolute Gasteiger partial charge is 0.144 e. The highest BCUT2D eigenvalue weighted by molar-refractivity contribution is 5.36. The molecule has 0 aromatic carbocycles. The minimum Gasteiger partial charge on any atom is -0.396 e. The van der Waals surface area contributed by atoms with Gasteiger partial charge in [-0.25, -0.2) is 9.97 Å². The first-order valence-corrected chi connectivity index (χ1v) is 5.08. The van der Waals surface area contributed by atoms with Gasteiger partial charge in [-0.2, -0.15) is 0 Å². The van der Waals surface area contributed by atoms with Crippen LogP contribution in [0.3, 0.4) is 0 Å². The van der Waals surface area contributed by atoms with Crippen LogP contribution < -0.4 is 11.1 Å². The molecule has 4 N–H and O–H groups in total. The molecule has 0 fully saturated rings. The molecular weight excluding hydrogens is 192 g/mol. The third-order valence-electron chi connectivity index (χ3n) is 2.25. The van der Waals surface area contributed by atoms with Crippen LogP contribution in [0.5, 0.6) is 0 Å². The van der Waals surface area contributed by atoms with Crippen molar-refractivity contribution in [2.75, 3.05) is 17.7 Å². The van der Waals surface area contributed by atoms with E-state index in [0.717, 1.165) is 0 Å². The summed E-state index contributed by atoms with van der Waals surface area (Å²) in [4.78, 5) is 8.04. The van der Waals surface area contributed by atoms with Crippen molar-refractivity contribution in [3.63, 3.8) is 0 Å². The van der Waals surface area contributed by atoms with Crippen LogP contribution in [0.25, 0.3) is 0 Å². The van der Waals surface area contributed by atoms with Gasteiger partial charge in [0.15, 0.2) is 0 Å². The Bertz CT molecular complexity index is 286. The van der Waals surface area contributed by atoms with Crippen LogP contribution in [0.1, 0.15) is 20.3 Å². The lowest BCUT2D eigenvalue weighted by Gasteiger charge is -2.21. The summed E-state index contributed by atoms with van der Waals surface area (Å²) in [6.07, 6.45) is 3.81. The summed E-state index contributed by atoms with van der Waals surface area (Å²) in [5.41, 5.74) is 5.43. The molecule has 84 valence electrons. The highest BCUT2D eigenvalue weighted by atomic mass is 16.3. The Morgan fingerprint density at radius 1 is 1.40 bits per heavy atom. The largest absolute Gasteiger partial charge is 0.396 e. The van der Waals surface area contributed by atoms with Crippen molar-refractivity contribution in [2.45, 2.75) is 26.3 Å². The number of nitrogen functional groups attached to an aromatic ring is 1. The van der Waals surface area contributed by atoms with Crippen LogP contribution in [0, 0.1) is 5.92 Å². The first-order chi connectivity index (χ1) is 7.13. The van der Waals surface area contributed by atoms with Crippen molar-refractivity contribution >= 4 is 11.6 Å². The molecular formula is C10H18N4O. The van der Waals surface area contributed by atoms with Crippen LogP contribution in [-0.4, -0.2) is 27.7 Å². The van der Waals surface area contributed by atoms with Gasteiger partial charge >= 0.3 is 0 Å². The minimum absolute atomic E-state index is 0.165. The Labute approximate surface area is 89.7 Å². The number of anilines is 2. The SMILES string of the molecule is CC(C)C(CCO)Nc1cnc(N)cn1. The monoisotopic (exact) mass is 210 g/mol. The van der Waals surface area contributed by atoms with E-state index in [9.17, 15) is 0 Å². The lowest BCUT2D eigenvalue weighted by Crippen LogP contribution is -2.27. The van der Waals surface area contributed by atoms with Gasteiger partial charge in [-0.05, 0) is 12.3 Å². The standard InChI is InChI=1S/C10H18N4O/c1-7(2)8(3-4-15)14-10-6-12-9(11)5-13-10/h5-8,15H,3-4H2,1-2H3,(H2,11,12)(H,13,14). The number of nitrogens with two attached hydrogens (primary N) is 1. The number of hydrogen-bond acceptors (Lipinski definition) is 5. The maximum Gasteiger partial charge on any atom is 0.144 e. The van der Waals surface area contributed by atoms with Crippen LogP contribution in [0.15, 0.2) is 12.4 Å². The first kappa shape index (κ1) is 11.7. The van der Waals surface area contributed by atoms with Crippen molar-refractivity contribution < 1.29 is 5.11 Å². The van der Waals surface area contributed by atoms with E-state index in [1.807, 2.05) is 0 Å². The molecule has 0 bridgehead atoms. The molecule has 15 heavy (non-hydrogen) atoms. The Hall–Kier alpha value is -1.36. The number of aliphatic hydroxyl groups excluding tert-OH is 1. The Morgan fingerprint density at radius 3 is 2.60 bits per heavy atom. The Balaban J connectivity index is 2.61. The summed E-state index contributed by atoms with van der Waals surface area (Å²) < 4.78 is 0. The molecule has 0 radical (unpaired) electrons. The third kappa shape index (κ3) is 3.71. The lowest BCUT2D eigenvalue weighted by atomic mass is 10.0. The molecule has 0 aliphatic rings. The molecule has 0 saturated carbocycles. The zero-order valence-electron chi connectivity index (χ0n) is 9.14. The maximum atomic E-state index is 8.91. The fourth-order valence-corrected chi connectivity index (χ4v) is 1.31. The normalized spacial score (nSPS) is 12.8. The summed E-state index contributed by atoms with van der Waals surface area (Å²) in [6.45, 7) is 4.36. The van der Waals surface area contributed by atoms with Crippen LogP contribution in [-0.2, 0) is 0 Å². The zero-order valence-corrected chi connectivity index (χ0v) is 9.14. The molecule has 5 heteroatoms. The maximum absolute atomic E-state index is 8.91. The fraction of sp³-hybridized carbons (Fsp3) is 0.600. The second-order valence-electron chi connectivity index (χ2n) is 3.83. The average Bonchev–Trinajstić information content (AvgIpc) is 2.20. The topological polar surface area (TPSA) is 84.1 Å². The number of hydrogen-bond donors (Lipinski definition) is 3. The summed E-state index contributed by atoms with van der Waals surface area (Å²) in [5, 5.41) is 12.1. The number of aromatic nitrogens is 2. The predicted octanol–water partition coefficient (Wildman–Crippen LogP) is 0.878. The first-order valence-electron chi connectivity index (χ1n) is 5.08. The number of nitrogens with one attached hydrogen (secondary N) is 1. The van der Waals surface area contributed by atoms with E-state index in [4.69, 9.17) is 10.8 Å². The van der Waals surface area contributed by atoms with Crippen molar-refractivity contribution in [3.8, 4) is 0 Å². The molecule has 1 aromatic heterocycles. The fourth-order valence-electron chi connectivity index (χ4n) is 1.31. The summed E-state index contributed by atoms with van der Waals surface area (Å²) >= 11 is 0. The predicted molar refractivity (Wildman–Crippen MR) is 60.4 cm³/mol. The van der Waals surface area contributed by atoms with Gasteiger partial charge in [0.2, 0.25) is 0 Å². The summed E-state index contributed by atoms with van der Waals surface area (Å²) in [6, 6.07) is 0.202. The zero-order chi connectivity index (χ0) is 11.3. The van der Waals surface area contributed by atoms with Crippen LogP contribution >= 0.6 is 0 Å². The van der Waals surface area contributed by atoms with Gasteiger partial charge in [-0.15, -0.1) is 0 Å². The minimum atomic E-state index is 0.165. The summed E-state index contributed by atoms with van der Waals surface area (Å²) in [7, 11) is 0. The molecule has 0 saturated heterocycles. The molecule has 1 rings (SSSR count). The van der Waals surface area contributed by atoms with Crippen LogP contribution in [0.4, 0.5) is 11.6 Å². The second kappa shape index (κ2) is 5.50. The molecule has 0 aliphatic carbocycles. The molecule has 0 spiro atoms. The molecule has 5 nitrogen and oxygen atoms in total. The average molecular weight is 210 g/mol. The highest BCUT2D eigenvalue weighted by Crippen LogP contribution is 2.12. The van der Waals surface area contributed by atoms with E-state index in [1.165, 1.54) is 6.20 Å². The number of nitrogens with zero attached hydrogens (tertiary/aromatic N) is 2. The second-order valence-corrected chi connectivity index (χ2v) is 3.83. The lowest BCUT2D eigenvalue weighted by molar-refractivity contribution is 0.267. The van der Waals surface area contributed by atoms with Gasteiger partial charge in [0.1, 0.15) is 11.6 Å². The Morgan fingerprint density at radius 2 is 2.13 bits per heavy atom. The van der Waals surface area contributed by atoms with E-state index in [0.29, 0.717) is 24.0 Å². The van der Waals surface area contributed by atoms with Crippen molar-refractivity contribution in [1.82, 2.24) is 9.97 Å². The van der Waals surface area contributed by atoms with Gasteiger partial charge in [0.25, 0.3) is 0 Å². The van der Waals surface area contributed by atoms with Crippen molar-refractivity contribution in [3.05, 3.63) is 12.4 Å². The van der Waals surface area contributed by atoms with Gasteiger partial charge in [-0.1, -0.05) is 13.8 Å². The van der Waals surface area contributed by atoms with Gasteiger partial charge < -0.3 is 16.2 Å². The summed E-state index contributed by atoms with van der Waals surface area (Å²) in [5.74, 6) is 1.52. The van der Waals surface area contributed by atoms with Gasteiger partial charge in [0, 0.05) is 12.6 Å². The van der Waals surface area contributed by atoms with Gasteiger partial charge in [-0.3, -0.25) is 0 Å². The van der Waals surface area contributed by atoms with E-state index >= 15 is 0 Å². The molecule has 0 amide bonds. The molecule has 1 aromatic rings. The molecule has 1 unspecified atom stereocenters. The third-order valence-corrected chi connectivity index (χ3v) is 2.25. The van der Waals surface area contributed by atoms with E-state index in [1.54, 1.807) is 6.20 Å².